The number of benzene rings is 4. The summed E-state index contributed by atoms with van der Waals surface area (Å²) in [5.74, 6) is 1.98. The highest BCUT2D eigenvalue weighted by Crippen LogP contribution is 2.35. The number of aliphatic hydroxyl groups is 1. The van der Waals surface area contributed by atoms with Gasteiger partial charge in [0.05, 0.1) is 29.1 Å². The number of amides is 2. The molecule has 9 rings (SSSR count). The zero-order valence-electron chi connectivity index (χ0n) is 38.6. The molecule has 0 aliphatic carbocycles. The molecular formula is C52H62N8O5. The van der Waals surface area contributed by atoms with E-state index in [1.807, 2.05) is 71.3 Å². The van der Waals surface area contributed by atoms with Crippen LogP contribution in [0.25, 0.3) is 44.1 Å². The van der Waals surface area contributed by atoms with Gasteiger partial charge in [-0.25, -0.2) is 29.5 Å². The van der Waals surface area contributed by atoms with E-state index in [1.54, 1.807) is 13.8 Å². The zero-order chi connectivity index (χ0) is 45.9. The summed E-state index contributed by atoms with van der Waals surface area (Å²) in [5, 5.41) is 21.5. The van der Waals surface area contributed by atoms with E-state index < -0.39 is 28.9 Å². The Hall–Kier alpha value is -6.34. The van der Waals surface area contributed by atoms with Gasteiger partial charge in [0.25, 0.3) is 0 Å². The van der Waals surface area contributed by atoms with E-state index in [0.717, 1.165) is 80.3 Å². The van der Waals surface area contributed by atoms with Crippen molar-refractivity contribution >= 4 is 45.6 Å². The predicted octanol–water partition coefficient (Wildman–Crippen LogP) is 9.58. The van der Waals surface area contributed by atoms with Crippen LogP contribution >= 0.6 is 0 Å². The van der Waals surface area contributed by atoms with Gasteiger partial charge in [0.1, 0.15) is 11.2 Å². The third-order valence-corrected chi connectivity index (χ3v) is 12.8. The van der Waals surface area contributed by atoms with Crippen molar-refractivity contribution in [3.8, 4) is 22.5 Å². The van der Waals surface area contributed by atoms with E-state index in [1.165, 1.54) is 21.5 Å². The Labute approximate surface area is 382 Å². The predicted molar refractivity (Wildman–Crippen MR) is 257 cm³/mol. The molecule has 0 unspecified atom stereocenters. The lowest BCUT2D eigenvalue weighted by Crippen LogP contribution is -2.56. The third-order valence-electron chi connectivity index (χ3n) is 12.8. The first-order chi connectivity index (χ1) is 31.0. The van der Waals surface area contributed by atoms with Gasteiger partial charge in [-0.15, -0.1) is 0 Å². The minimum Gasteiger partial charge on any atom is -0.444 e. The van der Waals surface area contributed by atoms with Gasteiger partial charge in [-0.1, -0.05) is 72.8 Å². The van der Waals surface area contributed by atoms with Gasteiger partial charge in [-0.3, -0.25) is 0 Å². The topological polar surface area (TPSA) is 155 Å². The molecule has 0 spiro atoms. The van der Waals surface area contributed by atoms with Crippen LogP contribution in [0, 0.1) is 11.8 Å². The molecule has 13 nitrogen and oxygen atoms in total. The summed E-state index contributed by atoms with van der Waals surface area (Å²) < 4.78 is 10.9. The number of aromatic nitrogens is 4. The molecule has 2 aromatic heterocycles. The van der Waals surface area contributed by atoms with Crippen molar-refractivity contribution in [2.24, 2.45) is 11.8 Å². The van der Waals surface area contributed by atoms with Gasteiger partial charge < -0.3 is 35.0 Å². The van der Waals surface area contributed by atoms with E-state index >= 15 is 0 Å². The monoisotopic (exact) mass is 878 g/mol. The SMILES string of the molecule is CC(C)(C)OC(=O)N[C@H](C1CCN(c2nccc(-c3ccc4ccccc4c3)n2)CC1)C(C)(C)O.CC1(C)OC(=O)N[C@@H]1C1CCN(c2nccc(-c3ccc4ccccc4c3)n2)CC1. The van der Waals surface area contributed by atoms with Gasteiger partial charge in [0, 0.05) is 49.7 Å². The fourth-order valence-corrected chi connectivity index (χ4v) is 9.51. The first kappa shape index (κ1) is 45.2. The van der Waals surface area contributed by atoms with E-state index in [0.29, 0.717) is 11.9 Å². The van der Waals surface area contributed by atoms with Crippen molar-refractivity contribution in [2.75, 3.05) is 36.0 Å². The van der Waals surface area contributed by atoms with Gasteiger partial charge >= 0.3 is 12.2 Å². The van der Waals surface area contributed by atoms with Gasteiger partial charge in [-0.2, -0.15) is 0 Å². The minimum absolute atomic E-state index is 0.0528. The average Bonchev–Trinajstić information content (AvgIpc) is 3.58. The Balaban J connectivity index is 0.000000179. The highest BCUT2D eigenvalue weighted by Gasteiger charge is 2.46. The number of cyclic esters (lactones) is 1. The Bertz CT molecular complexity index is 2630. The molecule has 0 saturated carbocycles. The molecule has 3 aliphatic heterocycles. The number of nitrogens with one attached hydrogen (secondary N) is 2. The molecule has 340 valence electrons. The molecule has 0 bridgehead atoms. The Morgan fingerprint density at radius 2 is 1.22 bits per heavy atom. The summed E-state index contributed by atoms with van der Waals surface area (Å²) in [6.07, 6.45) is 6.39. The molecular weight excluding hydrogens is 817 g/mol. The number of alkyl carbamates (subject to hydrolysis) is 2. The lowest BCUT2D eigenvalue weighted by atomic mass is 9.81. The Morgan fingerprint density at radius 3 is 1.66 bits per heavy atom. The molecule has 3 saturated heterocycles. The number of hydrogen-bond donors (Lipinski definition) is 3. The van der Waals surface area contributed by atoms with E-state index in [2.05, 4.69) is 103 Å². The number of ether oxygens (including phenoxy) is 2. The molecule has 5 heterocycles. The van der Waals surface area contributed by atoms with Crippen molar-refractivity contribution in [2.45, 2.75) is 103 Å². The largest absolute Gasteiger partial charge is 0.444 e. The fraction of sp³-hybridized carbons (Fsp3) is 0.423. The Kier molecular flexibility index (Phi) is 13.0. The number of carbonyl (C=O) groups is 2. The van der Waals surface area contributed by atoms with Crippen LogP contribution < -0.4 is 20.4 Å². The second-order valence-electron chi connectivity index (χ2n) is 19.6. The summed E-state index contributed by atoms with van der Waals surface area (Å²) in [5.41, 5.74) is 1.86. The quantitative estimate of drug-likeness (QED) is 0.134. The molecule has 4 aromatic carbocycles. The van der Waals surface area contributed by atoms with Crippen LogP contribution in [0.15, 0.2) is 109 Å². The van der Waals surface area contributed by atoms with Crippen LogP contribution in [0.2, 0.25) is 0 Å². The molecule has 3 N–H and O–H groups in total. The second-order valence-corrected chi connectivity index (χ2v) is 19.6. The lowest BCUT2D eigenvalue weighted by Gasteiger charge is -2.41. The summed E-state index contributed by atoms with van der Waals surface area (Å²) in [7, 11) is 0. The highest BCUT2D eigenvalue weighted by molar-refractivity contribution is 5.87. The molecule has 6 aromatic rings. The average molecular weight is 879 g/mol. The fourth-order valence-electron chi connectivity index (χ4n) is 9.51. The third kappa shape index (κ3) is 11.0. The van der Waals surface area contributed by atoms with E-state index in [9.17, 15) is 14.7 Å². The summed E-state index contributed by atoms with van der Waals surface area (Å²) in [4.78, 5) is 47.3. The van der Waals surface area contributed by atoms with E-state index in [-0.39, 0.29) is 18.1 Å². The smallest absolute Gasteiger partial charge is 0.408 e. The van der Waals surface area contributed by atoms with Crippen LogP contribution in [0.3, 0.4) is 0 Å². The van der Waals surface area contributed by atoms with Crippen molar-refractivity contribution < 1.29 is 24.2 Å². The number of fused-ring (bicyclic) bond motifs is 2. The number of carbonyl (C=O) groups excluding carboxylic acids is 2. The van der Waals surface area contributed by atoms with Crippen molar-refractivity contribution in [3.63, 3.8) is 0 Å². The molecule has 13 heteroatoms. The van der Waals surface area contributed by atoms with Crippen LogP contribution in [0.4, 0.5) is 21.5 Å². The standard InChI is InChI=1S/C28H36N4O3.C24H26N4O2/c1-27(2,3)35-26(33)31-24(28(4,5)34)20-13-16-32(17-14-20)25-29-15-12-23(30-25)22-11-10-19-8-6-7-9-21(19)18-22;1-24(2)21(27-23(29)30-24)17-10-13-28(14-11-17)22-25-12-9-20(26-22)19-8-7-16-5-3-4-6-18(16)15-19/h6-12,15,18,20,24,34H,13-14,16-17H2,1-5H3,(H,31,33);3-9,12,15,17,21H,10-11,13-14H2,1-2H3,(H,27,29)/t24-;21-/m11/s1. The lowest BCUT2D eigenvalue weighted by molar-refractivity contribution is -0.00338. The number of nitrogens with zero attached hydrogens (tertiary/aromatic N) is 6. The van der Waals surface area contributed by atoms with Crippen molar-refractivity contribution in [1.29, 1.82) is 0 Å². The number of rotatable bonds is 8. The van der Waals surface area contributed by atoms with Gasteiger partial charge in [-0.05, 0) is 132 Å². The number of piperidine rings is 2. The van der Waals surface area contributed by atoms with Crippen molar-refractivity contribution in [1.82, 2.24) is 30.6 Å². The maximum absolute atomic E-state index is 12.4. The molecule has 0 radical (unpaired) electrons. The van der Waals surface area contributed by atoms with Gasteiger partial charge in [0.2, 0.25) is 11.9 Å². The zero-order valence-corrected chi connectivity index (χ0v) is 38.6. The molecule has 65 heavy (non-hydrogen) atoms. The summed E-state index contributed by atoms with van der Waals surface area (Å²) in [6.45, 7) is 16.2. The number of anilines is 2. The first-order valence-electron chi connectivity index (χ1n) is 22.8. The van der Waals surface area contributed by atoms with E-state index in [4.69, 9.17) is 19.4 Å². The van der Waals surface area contributed by atoms with Crippen LogP contribution in [-0.4, -0.2) is 92.3 Å². The maximum Gasteiger partial charge on any atom is 0.408 e. The normalized spacial score (nSPS) is 18.6. The Morgan fingerprint density at radius 1 is 0.738 bits per heavy atom. The summed E-state index contributed by atoms with van der Waals surface area (Å²) >= 11 is 0. The van der Waals surface area contributed by atoms with Crippen LogP contribution in [-0.2, 0) is 9.47 Å². The summed E-state index contributed by atoms with van der Waals surface area (Å²) in [6, 6.07) is 33.0. The molecule has 2 atom stereocenters. The van der Waals surface area contributed by atoms with Gasteiger partial charge in [0.15, 0.2) is 0 Å². The molecule has 3 aliphatic rings. The first-order valence-corrected chi connectivity index (χ1v) is 22.8. The number of hydrogen-bond acceptors (Lipinski definition) is 11. The molecule has 2 amide bonds. The molecule has 3 fully saturated rings. The highest BCUT2D eigenvalue weighted by atomic mass is 16.6. The second kappa shape index (κ2) is 18.6. The maximum atomic E-state index is 12.4. The minimum atomic E-state index is -1.07. The van der Waals surface area contributed by atoms with Crippen LogP contribution in [0.5, 0.6) is 0 Å². The van der Waals surface area contributed by atoms with Crippen molar-refractivity contribution in [3.05, 3.63) is 109 Å². The van der Waals surface area contributed by atoms with Crippen LogP contribution in [0.1, 0.15) is 74.1 Å².